The molecule has 2 aromatic rings. The zero-order valence-electron chi connectivity index (χ0n) is 11.7. The second kappa shape index (κ2) is 6.57. The van der Waals surface area contributed by atoms with Crippen LogP contribution in [0.1, 0.15) is 21.5 Å². The molecule has 10 heteroatoms. The lowest BCUT2D eigenvalue weighted by atomic mass is 10.1. The maximum Gasteiger partial charge on any atom is 0.344 e. The van der Waals surface area contributed by atoms with Gasteiger partial charge in [0.25, 0.3) is 0 Å². The van der Waals surface area contributed by atoms with Crippen molar-refractivity contribution < 1.29 is 28.2 Å². The second-order valence-corrected chi connectivity index (χ2v) is 5.26. The number of anilines is 1. The number of aromatic nitrogens is 1. The van der Waals surface area contributed by atoms with Crippen molar-refractivity contribution in [1.82, 2.24) is 4.37 Å². The highest BCUT2D eigenvalue weighted by atomic mass is 32.1. The van der Waals surface area contributed by atoms with E-state index in [-0.39, 0.29) is 16.4 Å². The van der Waals surface area contributed by atoms with Gasteiger partial charge in [-0.2, -0.15) is 4.37 Å². The number of urea groups is 1. The third-order valence-corrected chi connectivity index (χ3v) is 3.50. The maximum atomic E-state index is 13.7. The smallest absolute Gasteiger partial charge is 0.344 e. The first-order valence-electron chi connectivity index (χ1n) is 6.16. The number of aromatic carboxylic acids is 1. The first-order chi connectivity index (χ1) is 10.8. The molecule has 0 fully saturated rings. The number of aryl methyl sites for hydroxylation is 1. The molecule has 23 heavy (non-hydrogen) atoms. The summed E-state index contributed by atoms with van der Waals surface area (Å²) in [7, 11) is 0. The Kier molecular flexibility index (Phi) is 4.74. The number of nitrogens with zero attached hydrogens (tertiary/aromatic N) is 1. The van der Waals surface area contributed by atoms with Crippen molar-refractivity contribution >= 4 is 28.5 Å². The molecule has 7 nitrogen and oxygen atoms in total. The molecule has 0 atom stereocenters. The molecular weight excluding hydrogens is 332 g/mol. The topological polar surface area (TPSA) is 115 Å². The lowest BCUT2D eigenvalue weighted by Gasteiger charge is -2.08. The van der Waals surface area contributed by atoms with Crippen LogP contribution in [0.4, 0.5) is 18.6 Å². The van der Waals surface area contributed by atoms with E-state index in [4.69, 9.17) is 15.6 Å². The van der Waals surface area contributed by atoms with Crippen molar-refractivity contribution in [3.63, 3.8) is 0 Å². The number of nitrogens with two attached hydrogens (primary N) is 1. The molecule has 4 N–H and O–H groups in total. The predicted octanol–water partition coefficient (Wildman–Crippen LogP) is 2.50. The molecule has 1 heterocycles. The molecule has 0 aliphatic rings. The summed E-state index contributed by atoms with van der Waals surface area (Å²) in [6.07, 6.45) is 0. The van der Waals surface area contributed by atoms with Crippen LogP contribution in [0.25, 0.3) is 0 Å². The predicted molar refractivity (Wildman–Crippen MR) is 77.7 cm³/mol. The largest absolute Gasteiger partial charge is 0.477 e. The molecule has 0 radical (unpaired) electrons. The normalized spacial score (nSPS) is 10.4. The summed E-state index contributed by atoms with van der Waals surface area (Å²) in [5.41, 5.74) is 4.52. The molecule has 122 valence electrons. The summed E-state index contributed by atoms with van der Waals surface area (Å²) in [5, 5.41) is 11.1. The van der Waals surface area contributed by atoms with E-state index in [0.29, 0.717) is 17.1 Å². The SMILES string of the molecule is Cc1cc(F)c(COc2nsc(NC(N)=O)c2C(=O)O)c(F)c1. The van der Waals surface area contributed by atoms with E-state index in [1.54, 1.807) is 0 Å². The number of rotatable bonds is 5. The van der Waals surface area contributed by atoms with Gasteiger partial charge < -0.3 is 15.6 Å². The number of carboxylic acid groups (broad SMARTS) is 1. The van der Waals surface area contributed by atoms with Gasteiger partial charge in [0.15, 0.2) is 5.56 Å². The number of ether oxygens (including phenoxy) is 1. The molecule has 1 aromatic carbocycles. The lowest BCUT2D eigenvalue weighted by Crippen LogP contribution is -2.20. The van der Waals surface area contributed by atoms with Gasteiger partial charge in [-0.05, 0) is 36.2 Å². The van der Waals surface area contributed by atoms with Crippen molar-refractivity contribution in [3.8, 4) is 5.88 Å². The zero-order chi connectivity index (χ0) is 17.1. The van der Waals surface area contributed by atoms with Crippen LogP contribution in [0.15, 0.2) is 12.1 Å². The van der Waals surface area contributed by atoms with E-state index in [9.17, 15) is 18.4 Å². The van der Waals surface area contributed by atoms with E-state index in [0.717, 1.165) is 12.1 Å². The Hall–Kier alpha value is -2.75. The Morgan fingerprint density at radius 3 is 2.52 bits per heavy atom. The Morgan fingerprint density at radius 2 is 2.00 bits per heavy atom. The fourth-order valence-electron chi connectivity index (χ4n) is 1.77. The van der Waals surface area contributed by atoms with Crippen molar-refractivity contribution in [3.05, 3.63) is 40.5 Å². The number of carbonyl (C=O) groups is 2. The van der Waals surface area contributed by atoms with Gasteiger partial charge in [0, 0.05) is 0 Å². The Balaban J connectivity index is 2.26. The summed E-state index contributed by atoms with van der Waals surface area (Å²) >= 11 is 0.624. The van der Waals surface area contributed by atoms with E-state index < -0.39 is 35.8 Å². The molecule has 2 rings (SSSR count). The molecule has 0 aliphatic heterocycles. The summed E-state index contributed by atoms with van der Waals surface area (Å²) in [4.78, 5) is 22.0. The average molecular weight is 343 g/mol. The van der Waals surface area contributed by atoms with E-state index in [1.807, 2.05) is 0 Å². The van der Waals surface area contributed by atoms with Gasteiger partial charge in [0.1, 0.15) is 23.2 Å². The highest BCUT2D eigenvalue weighted by Gasteiger charge is 2.23. The number of amides is 2. The number of nitrogens with one attached hydrogen (secondary N) is 1. The molecule has 0 saturated heterocycles. The number of primary amides is 1. The van der Waals surface area contributed by atoms with Crippen LogP contribution in [0.3, 0.4) is 0 Å². The van der Waals surface area contributed by atoms with Gasteiger partial charge in [0.05, 0.1) is 5.56 Å². The van der Waals surface area contributed by atoms with Gasteiger partial charge in [-0.1, -0.05) is 0 Å². The summed E-state index contributed by atoms with van der Waals surface area (Å²) < 4.78 is 36.2. The van der Waals surface area contributed by atoms with Crippen LogP contribution >= 0.6 is 11.5 Å². The van der Waals surface area contributed by atoms with Crippen LogP contribution in [0.2, 0.25) is 0 Å². The van der Waals surface area contributed by atoms with Crippen LogP contribution in [0.5, 0.6) is 5.88 Å². The highest BCUT2D eigenvalue weighted by Crippen LogP contribution is 2.31. The molecule has 2 amide bonds. The molecule has 0 bridgehead atoms. The maximum absolute atomic E-state index is 13.7. The van der Waals surface area contributed by atoms with Crippen molar-refractivity contribution in [2.75, 3.05) is 5.32 Å². The van der Waals surface area contributed by atoms with Crippen LogP contribution in [-0.2, 0) is 6.61 Å². The van der Waals surface area contributed by atoms with E-state index >= 15 is 0 Å². The fourth-order valence-corrected chi connectivity index (χ4v) is 2.50. The second-order valence-electron chi connectivity index (χ2n) is 4.48. The molecular formula is C13H11F2N3O4S. The van der Waals surface area contributed by atoms with E-state index in [2.05, 4.69) is 9.69 Å². The van der Waals surface area contributed by atoms with Gasteiger partial charge in [-0.15, -0.1) is 0 Å². The first kappa shape index (κ1) is 16.6. The van der Waals surface area contributed by atoms with Gasteiger partial charge in [-0.3, -0.25) is 5.32 Å². The average Bonchev–Trinajstić information content (AvgIpc) is 2.79. The number of carboxylic acids is 1. The van der Waals surface area contributed by atoms with Crippen molar-refractivity contribution in [2.45, 2.75) is 13.5 Å². The molecule has 0 saturated carbocycles. The molecule has 0 spiro atoms. The summed E-state index contributed by atoms with van der Waals surface area (Å²) in [6, 6.07) is 1.28. The monoisotopic (exact) mass is 343 g/mol. The molecule has 0 unspecified atom stereocenters. The number of hydrogen-bond acceptors (Lipinski definition) is 5. The first-order valence-corrected chi connectivity index (χ1v) is 6.93. The zero-order valence-corrected chi connectivity index (χ0v) is 12.5. The van der Waals surface area contributed by atoms with Crippen LogP contribution in [-0.4, -0.2) is 21.5 Å². The summed E-state index contributed by atoms with van der Waals surface area (Å²) in [5.74, 6) is -3.43. The summed E-state index contributed by atoms with van der Waals surface area (Å²) in [6.45, 7) is 0.972. The number of hydrogen-bond donors (Lipinski definition) is 3. The van der Waals surface area contributed by atoms with Crippen molar-refractivity contribution in [1.29, 1.82) is 0 Å². The standard InChI is InChI=1S/C13H11F2N3O4S/c1-5-2-7(14)6(8(15)3-5)4-22-10-9(12(19)20)11(23-18-10)17-13(16)21/h2-3H,4H2,1H3,(H,19,20)(H3,16,17,21). The minimum Gasteiger partial charge on any atom is -0.477 e. The number of carbonyl (C=O) groups excluding carboxylic acids is 1. The van der Waals surface area contributed by atoms with Gasteiger partial charge in [0.2, 0.25) is 5.88 Å². The van der Waals surface area contributed by atoms with Gasteiger partial charge in [-0.25, -0.2) is 18.4 Å². The Labute approximate surface area is 132 Å². The fraction of sp³-hybridized carbons (Fsp3) is 0.154. The van der Waals surface area contributed by atoms with Crippen LogP contribution < -0.4 is 15.8 Å². The minimum absolute atomic E-state index is 0.134. The minimum atomic E-state index is -1.43. The van der Waals surface area contributed by atoms with Crippen molar-refractivity contribution in [2.24, 2.45) is 5.73 Å². The Bertz CT molecular complexity index is 756. The molecule has 1 aromatic heterocycles. The third-order valence-electron chi connectivity index (χ3n) is 2.75. The van der Waals surface area contributed by atoms with Crippen LogP contribution in [0, 0.1) is 18.6 Å². The van der Waals surface area contributed by atoms with Gasteiger partial charge >= 0.3 is 12.0 Å². The molecule has 0 aliphatic carbocycles. The quantitative estimate of drug-likeness (QED) is 0.771. The van der Waals surface area contributed by atoms with E-state index in [1.165, 1.54) is 6.92 Å². The number of halogens is 2. The number of benzene rings is 1. The third kappa shape index (κ3) is 3.72. The Morgan fingerprint density at radius 1 is 1.39 bits per heavy atom. The highest BCUT2D eigenvalue weighted by molar-refractivity contribution is 7.11. The lowest BCUT2D eigenvalue weighted by molar-refractivity contribution is 0.0693.